The SMILES string of the molecule is COc1ccccc1CNC(=O)c1ccc(NC(=O)c2cc(F)cc(F)c2)cc1O. The average molecular weight is 412 g/mol. The number of para-hydroxylation sites is 1. The number of hydrogen-bond acceptors (Lipinski definition) is 4. The highest BCUT2D eigenvalue weighted by Gasteiger charge is 2.15. The number of carbonyl (C=O) groups is 2. The van der Waals surface area contributed by atoms with Crippen LogP contribution in [0.5, 0.6) is 11.5 Å². The second-order valence-corrected chi connectivity index (χ2v) is 6.34. The van der Waals surface area contributed by atoms with Crippen LogP contribution >= 0.6 is 0 Å². The molecule has 0 aliphatic rings. The highest BCUT2D eigenvalue weighted by Crippen LogP contribution is 2.23. The summed E-state index contributed by atoms with van der Waals surface area (Å²) in [5, 5.41) is 15.3. The van der Waals surface area contributed by atoms with Crippen molar-refractivity contribution in [3.05, 3.63) is 89.0 Å². The zero-order chi connectivity index (χ0) is 21.7. The van der Waals surface area contributed by atoms with Crippen LogP contribution in [0.25, 0.3) is 0 Å². The number of carbonyl (C=O) groups excluding carboxylic acids is 2. The molecular weight excluding hydrogens is 394 g/mol. The lowest BCUT2D eigenvalue weighted by atomic mass is 10.1. The van der Waals surface area contributed by atoms with Gasteiger partial charge in [-0.1, -0.05) is 18.2 Å². The second-order valence-electron chi connectivity index (χ2n) is 6.34. The fourth-order valence-electron chi connectivity index (χ4n) is 2.81. The summed E-state index contributed by atoms with van der Waals surface area (Å²) in [6, 6.07) is 13.5. The molecule has 0 aromatic heterocycles. The van der Waals surface area contributed by atoms with E-state index >= 15 is 0 Å². The van der Waals surface area contributed by atoms with E-state index in [1.54, 1.807) is 18.2 Å². The lowest BCUT2D eigenvalue weighted by molar-refractivity contribution is 0.0947. The van der Waals surface area contributed by atoms with Crippen LogP contribution < -0.4 is 15.4 Å². The number of phenols is 1. The number of phenolic OH excluding ortho intramolecular Hbond substituents is 1. The predicted molar refractivity (Wildman–Crippen MR) is 107 cm³/mol. The van der Waals surface area contributed by atoms with Gasteiger partial charge in [-0.2, -0.15) is 0 Å². The van der Waals surface area contributed by atoms with Gasteiger partial charge in [0.25, 0.3) is 11.8 Å². The molecule has 2 amide bonds. The number of benzene rings is 3. The van der Waals surface area contributed by atoms with E-state index in [1.807, 2.05) is 6.07 Å². The standard InChI is InChI=1S/C22H18F2N2O4/c1-30-20-5-3-2-4-13(20)12-25-22(29)18-7-6-17(11-19(18)27)26-21(28)14-8-15(23)10-16(24)9-14/h2-11,27H,12H2,1H3,(H,25,29)(H,26,28). The Balaban J connectivity index is 1.68. The minimum absolute atomic E-state index is 0.000281. The van der Waals surface area contributed by atoms with Crippen molar-refractivity contribution >= 4 is 17.5 Å². The fraction of sp³-hybridized carbons (Fsp3) is 0.0909. The molecule has 3 N–H and O–H groups in total. The lowest BCUT2D eigenvalue weighted by Gasteiger charge is -2.11. The lowest BCUT2D eigenvalue weighted by Crippen LogP contribution is -2.23. The van der Waals surface area contributed by atoms with Crippen molar-refractivity contribution in [1.29, 1.82) is 0 Å². The summed E-state index contributed by atoms with van der Waals surface area (Å²) < 4.78 is 31.8. The highest BCUT2D eigenvalue weighted by atomic mass is 19.1. The molecule has 0 atom stereocenters. The molecule has 8 heteroatoms. The molecule has 0 saturated heterocycles. The maximum Gasteiger partial charge on any atom is 0.255 e. The number of hydrogen-bond donors (Lipinski definition) is 3. The third-order valence-corrected chi connectivity index (χ3v) is 4.26. The van der Waals surface area contributed by atoms with Gasteiger partial charge in [-0.3, -0.25) is 9.59 Å². The summed E-state index contributed by atoms with van der Waals surface area (Å²) in [6.07, 6.45) is 0. The molecule has 3 aromatic rings. The minimum Gasteiger partial charge on any atom is -0.507 e. The molecule has 0 spiro atoms. The van der Waals surface area contributed by atoms with Crippen molar-refractivity contribution in [3.8, 4) is 11.5 Å². The van der Waals surface area contributed by atoms with Crippen molar-refractivity contribution in [2.75, 3.05) is 12.4 Å². The van der Waals surface area contributed by atoms with Crippen molar-refractivity contribution in [2.24, 2.45) is 0 Å². The summed E-state index contributed by atoms with van der Waals surface area (Å²) >= 11 is 0. The summed E-state index contributed by atoms with van der Waals surface area (Å²) in [6.45, 7) is 0.186. The molecule has 0 saturated carbocycles. The van der Waals surface area contributed by atoms with Crippen LogP contribution in [0.2, 0.25) is 0 Å². The van der Waals surface area contributed by atoms with E-state index in [1.165, 1.54) is 25.3 Å². The molecule has 0 aliphatic carbocycles. The third kappa shape index (κ3) is 4.91. The zero-order valence-corrected chi connectivity index (χ0v) is 15.9. The monoisotopic (exact) mass is 412 g/mol. The van der Waals surface area contributed by atoms with E-state index in [4.69, 9.17) is 4.74 Å². The van der Waals surface area contributed by atoms with Crippen molar-refractivity contribution < 1.29 is 28.2 Å². The smallest absolute Gasteiger partial charge is 0.255 e. The average Bonchev–Trinajstić information content (AvgIpc) is 2.71. The molecule has 0 radical (unpaired) electrons. The summed E-state index contributed by atoms with van der Waals surface area (Å²) in [5.41, 5.74) is 0.702. The molecule has 0 bridgehead atoms. The van der Waals surface area contributed by atoms with Crippen molar-refractivity contribution in [3.63, 3.8) is 0 Å². The highest BCUT2D eigenvalue weighted by molar-refractivity contribution is 6.05. The Labute approximate surface area is 171 Å². The minimum atomic E-state index is -0.884. The van der Waals surface area contributed by atoms with E-state index in [0.29, 0.717) is 11.8 Å². The maximum atomic E-state index is 13.3. The van der Waals surface area contributed by atoms with Gasteiger partial charge in [0, 0.05) is 35.5 Å². The Bertz CT molecular complexity index is 1080. The number of rotatable bonds is 6. The number of amides is 2. The first-order valence-electron chi connectivity index (χ1n) is 8.88. The van der Waals surface area contributed by atoms with Gasteiger partial charge < -0.3 is 20.5 Å². The summed E-state index contributed by atoms with van der Waals surface area (Å²) in [4.78, 5) is 24.5. The number of nitrogens with one attached hydrogen (secondary N) is 2. The van der Waals surface area contributed by atoms with Gasteiger partial charge >= 0.3 is 0 Å². The Morgan fingerprint density at radius 3 is 2.33 bits per heavy atom. The Hall–Kier alpha value is -3.94. The molecule has 3 rings (SSSR count). The van der Waals surface area contributed by atoms with Gasteiger partial charge in [0.15, 0.2) is 0 Å². The second kappa shape index (κ2) is 9.04. The van der Waals surface area contributed by atoms with Gasteiger partial charge in [-0.25, -0.2) is 8.78 Å². The van der Waals surface area contributed by atoms with Crippen LogP contribution in [0.4, 0.5) is 14.5 Å². The van der Waals surface area contributed by atoms with Gasteiger partial charge in [-0.15, -0.1) is 0 Å². The van der Waals surface area contributed by atoms with E-state index in [-0.39, 0.29) is 29.1 Å². The molecule has 154 valence electrons. The Morgan fingerprint density at radius 1 is 0.967 bits per heavy atom. The molecule has 3 aromatic carbocycles. The van der Waals surface area contributed by atoms with E-state index in [9.17, 15) is 23.5 Å². The first kappa shape index (κ1) is 20.8. The molecular formula is C22H18F2N2O4. The van der Waals surface area contributed by atoms with Crippen LogP contribution in [0.15, 0.2) is 60.7 Å². The van der Waals surface area contributed by atoms with E-state index in [0.717, 1.165) is 17.7 Å². The maximum absolute atomic E-state index is 13.3. The Morgan fingerprint density at radius 2 is 1.67 bits per heavy atom. The van der Waals surface area contributed by atoms with E-state index in [2.05, 4.69) is 10.6 Å². The Kier molecular flexibility index (Phi) is 6.26. The van der Waals surface area contributed by atoms with Crippen molar-refractivity contribution in [2.45, 2.75) is 6.54 Å². The molecule has 0 aliphatic heterocycles. The quantitative estimate of drug-likeness (QED) is 0.574. The van der Waals surface area contributed by atoms with Gasteiger partial charge in [0.05, 0.1) is 12.7 Å². The number of aromatic hydroxyl groups is 1. The number of halogens is 2. The predicted octanol–water partition coefficient (Wildman–Crippen LogP) is 3.86. The van der Waals surface area contributed by atoms with Crippen LogP contribution in [0.3, 0.4) is 0 Å². The van der Waals surface area contributed by atoms with Gasteiger partial charge in [-0.05, 0) is 30.3 Å². The van der Waals surface area contributed by atoms with Crippen LogP contribution in [-0.2, 0) is 6.54 Å². The number of methoxy groups -OCH3 is 1. The summed E-state index contributed by atoms with van der Waals surface area (Å²) in [5.74, 6) is -2.80. The summed E-state index contributed by atoms with van der Waals surface area (Å²) in [7, 11) is 1.53. The first-order valence-corrected chi connectivity index (χ1v) is 8.88. The van der Waals surface area contributed by atoms with Crippen LogP contribution in [-0.4, -0.2) is 24.0 Å². The third-order valence-electron chi connectivity index (χ3n) is 4.26. The van der Waals surface area contributed by atoms with Gasteiger partial charge in [0.1, 0.15) is 23.1 Å². The van der Waals surface area contributed by atoms with Crippen LogP contribution in [0, 0.1) is 11.6 Å². The topological polar surface area (TPSA) is 87.7 Å². The zero-order valence-electron chi connectivity index (χ0n) is 15.9. The molecule has 0 unspecified atom stereocenters. The van der Waals surface area contributed by atoms with Crippen molar-refractivity contribution in [1.82, 2.24) is 5.32 Å². The molecule has 0 heterocycles. The molecule has 6 nitrogen and oxygen atoms in total. The first-order chi connectivity index (χ1) is 14.4. The molecule has 0 fully saturated rings. The van der Waals surface area contributed by atoms with Crippen LogP contribution in [0.1, 0.15) is 26.3 Å². The number of ether oxygens (including phenoxy) is 1. The molecule has 30 heavy (non-hydrogen) atoms. The fourth-order valence-corrected chi connectivity index (χ4v) is 2.81. The largest absolute Gasteiger partial charge is 0.507 e. The normalized spacial score (nSPS) is 10.4. The van der Waals surface area contributed by atoms with Gasteiger partial charge in [0.2, 0.25) is 0 Å². The van der Waals surface area contributed by atoms with E-state index < -0.39 is 23.4 Å². The number of anilines is 1.